The van der Waals surface area contributed by atoms with Gasteiger partial charge in [-0.15, -0.1) is 0 Å². The van der Waals surface area contributed by atoms with E-state index >= 15 is 0 Å². The van der Waals surface area contributed by atoms with Crippen molar-refractivity contribution in [1.82, 2.24) is 19.8 Å². The summed E-state index contributed by atoms with van der Waals surface area (Å²) in [5.74, 6) is 2.06. The quantitative estimate of drug-likeness (QED) is 0.801. The molecule has 1 aromatic rings. The van der Waals surface area contributed by atoms with Crippen LogP contribution >= 0.6 is 0 Å². The summed E-state index contributed by atoms with van der Waals surface area (Å²) in [5, 5.41) is 0. The molecule has 2 atom stereocenters. The van der Waals surface area contributed by atoms with E-state index in [2.05, 4.69) is 28.7 Å². The van der Waals surface area contributed by atoms with Crippen LogP contribution in [0.2, 0.25) is 0 Å². The smallest absolute Gasteiger partial charge is 0.272 e. The van der Waals surface area contributed by atoms with Gasteiger partial charge in [0.15, 0.2) is 0 Å². The van der Waals surface area contributed by atoms with Gasteiger partial charge in [0.05, 0.1) is 0 Å². The second kappa shape index (κ2) is 7.80. The molecule has 6 nitrogen and oxygen atoms in total. The molecule has 0 aromatic carbocycles. The highest BCUT2D eigenvalue weighted by Crippen LogP contribution is 2.33. The highest BCUT2D eigenvalue weighted by Gasteiger charge is 2.41. The molecule has 0 spiro atoms. The molecule has 0 N–H and O–H groups in total. The Bertz CT molecular complexity index is 759. The van der Waals surface area contributed by atoms with Crippen LogP contribution in [-0.2, 0) is 11.2 Å². The molecule has 3 saturated heterocycles. The zero-order chi connectivity index (χ0) is 19.8. The molecule has 2 amide bonds. The Morgan fingerprint density at radius 3 is 2.57 bits per heavy atom. The van der Waals surface area contributed by atoms with Crippen molar-refractivity contribution in [3.8, 4) is 0 Å². The van der Waals surface area contributed by atoms with Gasteiger partial charge in [-0.25, -0.2) is 9.97 Å². The number of hydrogen-bond acceptors (Lipinski definition) is 4. The highest BCUT2D eigenvalue weighted by atomic mass is 16.2. The number of rotatable bonds is 4. The van der Waals surface area contributed by atoms with Crippen molar-refractivity contribution >= 4 is 11.8 Å². The third kappa shape index (κ3) is 3.91. The van der Waals surface area contributed by atoms with Crippen LogP contribution in [0.5, 0.6) is 0 Å². The first kappa shape index (κ1) is 19.3. The summed E-state index contributed by atoms with van der Waals surface area (Å²) in [6, 6.07) is 1.98. The maximum Gasteiger partial charge on any atom is 0.272 e. The number of carbonyl (C=O) groups is 2. The van der Waals surface area contributed by atoms with Gasteiger partial charge in [-0.3, -0.25) is 9.59 Å². The molecule has 1 aliphatic carbocycles. The Morgan fingerprint density at radius 2 is 1.89 bits per heavy atom. The fourth-order valence-corrected chi connectivity index (χ4v) is 4.83. The highest BCUT2D eigenvalue weighted by molar-refractivity contribution is 5.93. The van der Waals surface area contributed by atoms with Gasteiger partial charge in [-0.2, -0.15) is 0 Å². The molecule has 0 radical (unpaired) electrons. The fourth-order valence-electron chi connectivity index (χ4n) is 4.83. The minimum Gasteiger partial charge on any atom is -0.340 e. The van der Waals surface area contributed by atoms with E-state index in [9.17, 15) is 9.59 Å². The van der Waals surface area contributed by atoms with Crippen molar-refractivity contribution in [2.45, 2.75) is 65.3 Å². The summed E-state index contributed by atoms with van der Waals surface area (Å²) in [6.45, 7) is 8.38. The number of aromatic nitrogens is 2. The van der Waals surface area contributed by atoms with Gasteiger partial charge in [-0.1, -0.05) is 20.3 Å². The average Bonchev–Trinajstić information content (AvgIpc) is 2.90. The van der Waals surface area contributed by atoms with Crippen molar-refractivity contribution in [3.63, 3.8) is 0 Å². The monoisotopic (exact) mass is 384 g/mol. The number of carbonyl (C=O) groups excluding carboxylic acids is 2. The molecule has 4 aliphatic rings. The van der Waals surface area contributed by atoms with Gasteiger partial charge in [0, 0.05) is 37.3 Å². The standard InChI is InChI=1S/C22H32N4O2/c1-14(2)9-18-10-20(24-15(3)23-18)22(28)26-12-16-7-8-19(26)13-25(11-16)21(27)17-5-4-6-17/h10,14,16-17,19H,4-9,11-13H2,1-3H3/t16-,19+/m0/s1. The number of fused-ring (bicyclic) bond motifs is 4. The minimum absolute atomic E-state index is 0.00292. The van der Waals surface area contributed by atoms with Crippen LogP contribution in [0.3, 0.4) is 0 Å². The van der Waals surface area contributed by atoms with Crippen LogP contribution in [0.4, 0.5) is 0 Å². The molecule has 3 aliphatic heterocycles. The average molecular weight is 385 g/mol. The summed E-state index contributed by atoms with van der Waals surface area (Å²) in [7, 11) is 0. The van der Waals surface area contributed by atoms with E-state index in [0.29, 0.717) is 35.8 Å². The van der Waals surface area contributed by atoms with Crippen LogP contribution < -0.4 is 0 Å². The molecular weight excluding hydrogens is 352 g/mol. The third-order valence-corrected chi connectivity index (χ3v) is 6.47. The Morgan fingerprint density at radius 1 is 1.11 bits per heavy atom. The van der Waals surface area contributed by atoms with E-state index in [0.717, 1.165) is 50.9 Å². The lowest BCUT2D eigenvalue weighted by molar-refractivity contribution is -0.138. The van der Waals surface area contributed by atoms with Crippen LogP contribution in [0.1, 0.15) is 68.0 Å². The Balaban J connectivity index is 1.52. The molecule has 2 bridgehead atoms. The summed E-state index contributed by atoms with van der Waals surface area (Å²) in [5.41, 5.74) is 1.44. The maximum absolute atomic E-state index is 13.3. The SMILES string of the molecule is Cc1nc(CC(C)C)cc(C(=O)N2C[C@H]3CC[C@@H]2CN(C(=O)C2CCC2)C3)n1. The normalized spacial score (nSPS) is 25.0. The third-order valence-electron chi connectivity index (χ3n) is 6.47. The first-order chi connectivity index (χ1) is 13.4. The van der Waals surface area contributed by atoms with Gasteiger partial charge in [-0.05, 0) is 56.9 Å². The first-order valence-corrected chi connectivity index (χ1v) is 10.8. The number of piperidine rings is 1. The molecule has 1 aromatic heterocycles. The second-order valence-corrected chi connectivity index (χ2v) is 9.32. The van der Waals surface area contributed by atoms with E-state index in [1.54, 1.807) is 0 Å². The Kier molecular flexibility index (Phi) is 5.39. The van der Waals surface area contributed by atoms with E-state index in [4.69, 9.17) is 0 Å². The van der Waals surface area contributed by atoms with Crippen molar-refractivity contribution < 1.29 is 9.59 Å². The zero-order valence-corrected chi connectivity index (χ0v) is 17.4. The van der Waals surface area contributed by atoms with Crippen molar-refractivity contribution in [2.75, 3.05) is 19.6 Å². The van der Waals surface area contributed by atoms with Gasteiger partial charge in [0.2, 0.25) is 5.91 Å². The number of nitrogens with zero attached hydrogens (tertiary/aromatic N) is 4. The van der Waals surface area contributed by atoms with Crippen LogP contribution in [0.15, 0.2) is 6.07 Å². The van der Waals surface area contributed by atoms with Gasteiger partial charge in [0.25, 0.3) is 5.91 Å². The molecule has 5 rings (SSSR count). The fraction of sp³-hybridized carbons (Fsp3) is 0.727. The van der Waals surface area contributed by atoms with E-state index in [-0.39, 0.29) is 17.9 Å². The Hall–Kier alpha value is -1.98. The largest absolute Gasteiger partial charge is 0.340 e. The lowest BCUT2D eigenvalue weighted by Gasteiger charge is -2.36. The summed E-state index contributed by atoms with van der Waals surface area (Å²) < 4.78 is 0. The minimum atomic E-state index is 0.00292. The predicted molar refractivity (Wildman–Crippen MR) is 107 cm³/mol. The topological polar surface area (TPSA) is 66.4 Å². The summed E-state index contributed by atoms with van der Waals surface area (Å²) in [6.07, 6.45) is 6.17. The molecule has 28 heavy (non-hydrogen) atoms. The predicted octanol–water partition coefficient (Wildman–Crippen LogP) is 2.85. The molecule has 0 unspecified atom stereocenters. The van der Waals surface area contributed by atoms with Crippen molar-refractivity contribution in [3.05, 3.63) is 23.3 Å². The number of amides is 2. The summed E-state index contributed by atoms with van der Waals surface area (Å²) >= 11 is 0. The molecular formula is C22H32N4O2. The molecule has 1 saturated carbocycles. The maximum atomic E-state index is 13.3. The van der Waals surface area contributed by atoms with E-state index in [1.165, 1.54) is 6.42 Å². The van der Waals surface area contributed by atoms with Crippen LogP contribution in [0.25, 0.3) is 0 Å². The van der Waals surface area contributed by atoms with Crippen LogP contribution in [-0.4, -0.2) is 57.3 Å². The van der Waals surface area contributed by atoms with Gasteiger partial charge < -0.3 is 9.80 Å². The van der Waals surface area contributed by atoms with Gasteiger partial charge >= 0.3 is 0 Å². The molecule has 4 heterocycles. The number of hydrogen-bond donors (Lipinski definition) is 0. The van der Waals surface area contributed by atoms with Crippen LogP contribution in [0, 0.1) is 24.7 Å². The lowest BCUT2D eigenvalue weighted by Crippen LogP contribution is -2.48. The second-order valence-electron chi connectivity index (χ2n) is 9.32. The van der Waals surface area contributed by atoms with E-state index in [1.807, 2.05) is 17.9 Å². The lowest BCUT2D eigenvalue weighted by atomic mass is 9.84. The summed E-state index contributed by atoms with van der Waals surface area (Å²) in [4.78, 5) is 39.1. The van der Waals surface area contributed by atoms with Gasteiger partial charge in [0.1, 0.15) is 11.5 Å². The Labute approximate surface area is 167 Å². The van der Waals surface area contributed by atoms with E-state index < -0.39 is 0 Å². The molecule has 6 heteroatoms. The van der Waals surface area contributed by atoms with Crippen molar-refractivity contribution in [1.29, 1.82) is 0 Å². The molecule has 152 valence electrons. The molecule has 4 fully saturated rings. The number of aryl methyl sites for hydroxylation is 1. The zero-order valence-electron chi connectivity index (χ0n) is 17.4. The van der Waals surface area contributed by atoms with Crippen molar-refractivity contribution in [2.24, 2.45) is 17.8 Å². The first-order valence-electron chi connectivity index (χ1n) is 10.8.